The molecule has 0 heterocycles. The number of rotatable bonds is 4. The number of nitrogens with two attached hydrogens (primary N) is 1. The van der Waals surface area contributed by atoms with Gasteiger partial charge in [0.15, 0.2) is 0 Å². The van der Waals surface area contributed by atoms with Crippen LogP contribution >= 0.6 is 35.6 Å². The predicted octanol–water partition coefficient (Wildman–Crippen LogP) is 3.50. The Labute approximate surface area is 130 Å². The fraction of sp³-hybridized carbons (Fsp3) is 0.462. The maximum absolute atomic E-state index is 12.0. The molecule has 1 amide bonds. The highest BCUT2D eigenvalue weighted by Gasteiger charge is 2.20. The van der Waals surface area contributed by atoms with Crippen LogP contribution < -0.4 is 5.73 Å². The Morgan fingerprint density at radius 3 is 2.26 bits per heavy atom. The molecule has 0 spiro atoms. The van der Waals surface area contributed by atoms with Gasteiger partial charge in [-0.1, -0.05) is 29.3 Å². The van der Waals surface area contributed by atoms with Gasteiger partial charge in [0.25, 0.3) is 0 Å². The van der Waals surface area contributed by atoms with E-state index in [0.717, 1.165) is 5.56 Å². The predicted molar refractivity (Wildman–Crippen MR) is 83.0 cm³/mol. The summed E-state index contributed by atoms with van der Waals surface area (Å²) in [5, 5.41) is 1.00. The van der Waals surface area contributed by atoms with Crippen LogP contribution in [0.3, 0.4) is 0 Å². The van der Waals surface area contributed by atoms with Crippen LogP contribution in [-0.2, 0) is 11.3 Å². The van der Waals surface area contributed by atoms with Gasteiger partial charge in [-0.05, 0) is 38.5 Å². The maximum Gasteiger partial charge on any atom is 0.239 e. The van der Waals surface area contributed by atoms with Crippen LogP contribution in [-0.4, -0.2) is 22.9 Å². The fourth-order valence-corrected chi connectivity index (χ4v) is 1.93. The summed E-state index contributed by atoms with van der Waals surface area (Å²) in [5.74, 6) is -0.0731. The molecule has 0 saturated carbocycles. The molecular weight excluding hydrogens is 307 g/mol. The van der Waals surface area contributed by atoms with Crippen LogP contribution in [0.2, 0.25) is 10.0 Å². The molecule has 1 unspecified atom stereocenters. The molecule has 0 saturated heterocycles. The molecular formula is C13H19Cl3N2O. The number of amides is 1. The SMILES string of the molecule is CC(N)C(=O)N(Cc1ccc(Cl)c(Cl)c1)C(C)C.Cl. The summed E-state index contributed by atoms with van der Waals surface area (Å²) in [6, 6.07) is 4.94. The van der Waals surface area contributed by atoms with E-state index in [1.165, 1.54) is 0 Å². The number of halogens is 3. The molecule has 2 N–H and O–H groups in total. The Balaban J connectivity index is 0.00000324. The molecule has 0 radical (unpaired) electrons. The minimum absolute atomic E-state index is 0. The number of carbonyl (C=O) groups excluding carboxylic acids is 1. The summed E-state index contributed by atoms with van der Waals surface area (Å²) in [7, 11) is 0. The third-order valence-electron chi connectivity index (χ3n) is 2.63. The van der Waals surface area contributed by atoms with Crippen LogP contribution in [0.4, 0.5) is 0 Å². The Bertz CT molecular complexity index is 436. The summed E-state index contributed by atoms with van der Waals surface area (Å²) in [5.41, 5.74) is 6.58. The largest absolute Gasteiger partial charge is 0.335 e. The van der Waals surface area contributed by atoms with Crippen molar-refractivity contribution >= 4 is 41.5 Å². The summed E-state index contributed by atoms with van der Waals surface area (Å²) in [4.78, 5) is 13.7. The minimum Gasteiger partial charge on any atom is -0.335 e. The summed E-state index contributed by atoms with van der Waals surface area (Å²) < 4.78 is 0. The van der Waals surface area contributed by atoms with Gasteiger partial charge in [0.05, 0.1) is 16.1 Å². The van der Waals surface area contributed by atoms with Gasteiger partial charge in [0.2, 0.25) is 5.91 Å². The van der Waals surface area contributed by atoms with Crippen molar-refractivity contribution < 1.29 is 4.79 Å². The second kappa shape index (κ2) is 7.95. The van der Waals surface area contributed by atoms with E-state index in [9.17, 15) is 4.79 Å². The smallest absolute Gasteiger partial charge is 0.239 e. The average Bonchev–Trinajstić information content (AvgIpc) is 2.29. The van der Waals surface area contributed by atoms with Gasteiger partial charge >= 0.3 is 0 Å². The van der Waals surface area contributed by atoms with Crippen LogP contribution in [0.1, 0.15) is 26.3 Å². The lowest BCUT2D eigenvalue weighted by molar-refractivity contribution is -0.134. The third-order valence-corrected chi connectivity index (χ3v) is 3.37. The standard InChI is InChI=1S/C13H18Cl2N2O.ClH/c1-8(2)17(13(18)9(3)16)7-10-4-5-11(14)12(15)6-10;/h4-6,8-9H,7,16H2,1-3H3;1H. The van der Waals surface area contributed by atoms with E-state index < -0.39 is 6.04 Å². The number of benzene rings is 1. The highest BCUT2D eigenvalue weighted by molar-refractivity contribution is 6.42. The van der Waals surface area contributed by atoms with Gasteiger partial charge in [0, 0.05) is 12.6 Å². The van der Waals surface area contributed by atoms with Crippen molar-refractivity contribution in [2.75, 3.05) is 0 Å². The van der Waals surface area contributed by atoms with E-state index in [0.29, 0.717) is 16.6 Å². The van der Waals surface area contributed by atoms with Gasteiger partial charge in [-0.2, -0.15) is 0 Å². The molecule has 0 bridgehead atoms. The van der Waals surface area contributed by atoms with E-state index in [4.69, 9.17) is 28.9 Å². The second-order valence-corrected chi connectivity index (χ2v) is 5.41. The zero-order valence-corrected chi connectivity index (χ0v) is 13.5. The van der Waals surface area contributed by atoms with Crippen molar-refractivity contribution in [1.82, 2.24) is 4.90 Å². The van der Waals surface area contributed by atoms with Crippen molar-refractivity contribution in [1.29, 1.82) is 0 Å². The van der Waals surface area contributed by atoms with E-state index in [2.05, 4.69) is 0 Å². The van der Waals surface area contributed by atoms with Crippen molar-refractivity contribution in [3.8, 4) is 0 Å². The van der Waals surface area contributed by atoms with Crippen LogP contribution in [0.25, 0.3) is 0 Å². The first-order valence-corrected chi connectivity index (χ1v) is 6.58. The molecule has 1 atom stereocenters. The van der Waals surface area contributed by atoms with Gasteiger partial charge in [0.1, 0.15) is 0 Å². The van der Waals surface area contributed by atoms with Crippen LogP contribution in [0.15, 0.2) is 18.2 Å². The first kappa shape index (κ1) is 18.5. The minimum atomic E-state index is -0.504. The third kappa shape index (κ3) is 5.19. The molecule has 6 heteroatoms. The number of hydrogen-bond acceptors (Lipinski definition) is 2. The molecule has 0 fully saturated rings. The quantitative estimate of drug-likeness (QED) is 0.921. The molecule has 0 aliphatic heterocycles. The normalized spacial score (nSPS) is 11.9. The first-order valence-electron chi connectivity index (χ1n) is 5.83. The van der Waals surface area contributed by atoms with Crippen molar-refractivity contribution in [2.45, 2.75) is 39.4 Å². The molecule has 19 heavy (non-hydrogen) atoms. The Hall–Kier alpha value is -0.480. The molecule has 0 aromatic heterocycles. The lowest BCUT2D eigenvalue weighted by Gasteiger charge is -2.28. The molecule has 1 aromatic rings. The maximum atomic E-state index is 12.0. The zero-order valence-electron chi connectivity index (χ0n) is 11.2. The molecule has 0 aliphatic rings. The van der Waals surface area contributed by atoms with Crippen LogP contribution in [0.5, 0.6) is 0 Å². The molecule has 108 valence electrons. The van der Waals surface area contributed by atoms with Gasteiger partial charge < -0.3 is 10.6 Å². The number of carbonyl (C=O) groups is 1. The van der Waals surface area contributed by atoms with Crippen molar-refractivity contribution in [2.24, 2.45) is 5.73 Å². The van der Waals surface area contributed by atoms with Crippen molar-refractivity contribution in [3.05, 3.63) is 33.8 Å². The first-order chi connectivity index (χ1) is 8.32. The van der Waals surface area contributed by atoms with Gasteiger partial charge in [-0.15, -0.1) is 12.4 Å². The van der Waals surface area contributed by atoms with Gasteiger partial charge in [-0.25, -0.2) is 0 Å². The van der Waals surface area contributed by atoms with E-state index in [1.807, 2.05) is 19.9 Å². The second-order valence-electron chi connectivity index (χ2n) is 4.60. The Kier molecular flexibility index (Phi) is 7.75. The Morgan fingerprint density at radius 1 is 1.26 bits per heavy atom. The van der Waals surface area contributed by atoms with Crippen LogP contribution in [0, 0.1) is 0 Å². The molecule has 0 aliphatic carbocycles. The molecule has 3 nitrogen and oxygen atoms in total. The summed E-state index contributed by atoms with van der Waals surface area (Å²) in [6.07, 6.45) is 0. The lowest BCUT2D eigenvalue weighted by Crippen LogP contribution is -2.45. The monoisotopic (exact) mass is 324 g/mol. The summed E-state index contributed by atoms with van der Waals surface area (Å²) >= 11 is 11.8. The topological polar surface area (TPSA) is 46.3 Å². The highest BCUT2D eigenvalue weighted by atomic mass is 35.5. The highest BCUT2D eigenvalue weighted by Crippen LogP contribution is 2.23. The number of nitrogens with zero attached hydrogens (tertiary/aromatic N) is 1. The van der Waals surface area contributed by atoms with E-state index in [1.54, 1.807) is 24.0 Å². The fourth-order valence-electron chi connectivity index (χ4n) is 1.61. The van der Waals surface area contributed by atoms with Crippen molar-refractivity contribution in [3.63, 3.8) is 0 Å². The van der Waals surface area contributed by atoms with E-state index >= 15 is 0 Å². The number of hydrogen-bond donors (Lipinski definition) is 1. The molecule has 1 aromatic carbocycles. The lowest BCUT2D eigenvalue weighted by atomic mass is 10.1. The van der Waals surface area contributed by atoms with E-state index in [-0.39, 0.29) is 24.4 Å². The van der Waals surface area contributed by atoms with Gasteiger partial charge in [-0.3, -0.25) is 4.79 Å². The Morgan fingerprint density at radius 2 is 1.84 bits per heavy atom. The average molecular weight is 326 g/mol. The zero-order chi connectivity index (χ0) is 13.9. The summed E-state index contributed by atoms with van der Waals surface area (Å²) in [6.45, 7) is 6.08. The molecule has 1 rings (SSSR count).